The summed E-state index contributed by atoms with van der Waals surface area (Å²) in [5.41, 5.74) is 0.768. The molecule has 6 heteroatoms. The van der Waals surface area contributed by atoms with Gasteiger partial charge in [0.2, 0.25) is 0 Å². The fraction of sp³-hybridized carbons (Fsp3) is 0.333. The SMILES string of the molecule is Cn1cc(CC(O)CSc2ccc(F)cc2)nn1. The van der Waals surface area contributed by atoms with E-state index in [4.69, 9.17) is 0 Å². The Balaban J connectivity index is 1.81. The van der Waals surface area contributed by atoms with Gasteiger partial charge in [0.15, 0.2) is 0 Å². The lowest BCUT2D eigenvalue weighted by Crippen LogP contribution is -2.13. The highest BCUT2D eigenvalue weighted by atomic mass is 32.2. The first-order valence-corrected chi connectivity index (χ1v) is 6.53. The van der Waals surface area contributed by atoms with Crippen LogP contribution in [0.5, 0.6) is 0 Å². The Kier molecular flexibility index (Phi) is 4.33. The van der Waals surface area contributed by atoms with Crippen LogP contribution in [0.2, 0.25) is 0 Å². The van der Waals surface area contributed by atoms with Gasteiger partial charge in [0.05, 0.1) is 11.8 Å². The van der Waals surface area contributed by atoms with Crippen LogP contribution in [0, 0.1) is 5.82 Å². The minimum Gasteiger partial charge on any atom is -0.392 e. The molecule has 1 aromatic heterocycles. The lowest BCUT2D eigenvalue weighted by molar-refractivity contribution is 0.199. The molecule has 1 atom stereocenters. The van der Waals surface area contributed by atoms with Crippen LogP contribution < -0.4 is 0 Å². The average molecular weight is 267 g/mol. The van der Waals surface area contributed by atoms with E-state index in [1.807, 2.05) is 0 Å². The van der Waals surface area contributed by atoms with Crippen LogP contribution in [0.3, 0.4) is 0 Å². The van der Waals surface area contributed by atoms with Crippen molar-refractivity contribution >= 4 is 11.8 Å². The van der Waals surface area contributed by atoms with Crippen LogP contribution in [0.1, 0.15) is 5.69 Å². The predicted molar refractivity (Wildman–Crippen MR) is 67.8 cm³/mol. The number of thioether (sulfide) groups is 1. The maximum atomic E-state index is 12.7. The molecular formula is C12H14FN3OS. The number of aliphatic hydroxyl groups is 1. The molecule has 0 saturated carbocycles. The maximum Gasteiger partial charge on any atom is 0.123 e. The summed E-state index contributed by atoms with van der Waals surface area (Å²) < 4.78 is 14.3. The van der Waals surface area contributed by atoms with Crippen molar-refractivity contribution in [3.8, 4) is 0 Å². The lowest BCUT2D eigenvalue weighted by Gasteiger charge is -2.08. The lowest BCUT2D eigenvalue weighted by atomic mass is 10.2. The van der Waals surface area contributed by atoms with Gasteiger partial charge in [0.1, 0.15) is 5.82 Å². The van der Waals surface area contributed by atoms with Crippen LogP contribution in [-0.2, 0) is 13.5 Å². The van der Waals surface area contributed by atoms with Crippen molar-refractivity contribution in [3.63, 3.8) is 0 Å². The Hall–Kier alpha value is -1.40. The molecule has 1 unspecified atom stereocenters. The Morgan fingerprint density at radius 1 is 1.39 bits per heavy atom. The summed E-state index contributed by atoms with van der Waals surface area (Å²) in [5.74, 6) is 0.293. The fourth-order valence-corrected chi connectivity index (χ4v) is 2.34. The van der Waals surface area contributed by atoms with Gasteiger partial charge in [-0.2, -0.15) is 0 Å². The molecule has 1 heterocycles. The van der Waals surface area contributed by atoms with Gasteiger partial charge in [0, 0.05) is 30.3 Å². The van der Waals surface area contributed by atoms with Crippen molar-refractivity contribution in [2.45, 2.75) is 17.4 Å². The Labute approximate surface area is 109 Å². The third-order valence-corrected chi connectivity index (χ3v) is 3.51. The van der Waals surface area contributed by atoms with Gasteiger partial charge in [0.25, 0.3) is 0 Å². The van der Waals surface area contributed by atoms with E-state index < -0.39 is 6.10 Å². The molecule has 0 bridgehead atoms. The zero-order valence-electron chi connectivity index (χ0n) is 9.95. The number of hydrogen-bond acceptors (Lipinski definition) is 4. The molecular weight excluding hydrogens is 253 g/mol. The van der Waals surface area contributed by atoms with E-state index in [2.05, 4.69) is 10.3 Å². The molecule has 1 aromatic carbocycles. The zero-order chi connectivity index (χ0) is 13.0. The minimum atomic E-state index is -0.489. The van der Waals surface area contributed by atoms with E-state index >= 15 is 0 Å². The van der Waals surface area contributed by atoms with E-state index in [9.17, 15) is 9.50 Å². The summed E-state index contributed by atoms with van der Waals surface area (Å²) >= 11 is 1.49. The number of nitrogens with zero attached hydrogens (tertiary/aromatic N) is 3. The van der Waals surface area contributed by atoms with Crippen LogP contribution in [-0.4, -0.2) is 32.0 Å². The normalized spacial score (nSPS) is 12.6. The highest BCUT2D eigenvalue weighted by Crippen LogP contribution is 2.19. The Morgan fingerprint density at radius 3 is 2.72 bits per heavy atom. The zero-order valence-corrected chi connectivity index (χ0v) is 10.8. The van der Waals surface area contributed by atoms with Crippen LogP contribution in [0.4, 0.5) is 4.39 Å². The molecule has 0 amide bonds. The molecule has 0 radical (unpaired) electrons. The standard InChI is InChI=1S/C12H14FN3OS/c1-16-7-10(14-15-16)6-11(17)8-18-12-4-2-9(13)3-5-12/h2-5,7,11,17H,6,8H2,1H3. The molecule has 0 aliphatic heterocycles. The summed E-state index contributed by atoms with van der Waals surface area (Å²) in [6.07, 6.45) is 1.77. The van der Waals surface area contributed by atoms with E-state index in [0.717, 1.165) is 10.6 Å². The molecule has 0 aliphatic rings. The van der Waals surface area contributed by atoms with E-state index in [0.29, 0.717) is 12.2 Å². The largest absolute Gasteiger partial charge is 0.392 e. The molecule has 2 aromatic rings. The summed E-state index contributed by atoms with van der Waals surface area (Å²) in [6, 6.07) is 6.23. The van der Waals surface area contributed by atoms with Crippen molar-refractivity contribution < 1.29 is 9.50 Å². The van der Waals surface area contributed by atoms with Gasteiger partial charge < -0.3 is 5.11 Å². The molecule has 1 N–H and O–H groups in total. The first kappa shape index (κ1) is 13.0. The number of aryl methyl sites for hydroxylation is 1. The van der Waals surface area contributed by atoms with Gasteiger partial charge in [-0.15, -0.1) is 16.9 Å². The quantitative estimate of drug-likeness (QED) is 0.837. The monoisotopic (exact) mass is 267 g/mol. The number of aromatic nitrogens is 3. The average Bonchev–Trinajstić information content (AvgIpc) is 2.74. The molecule has 0 spiro atoms. The van der Waals surface area contributed by atoms with E-state index in [1.54, 1.807) is 30.1 Å². The van der Waals surface area contributed by atoms with Gasteiger partial charge in [-0.25, -0.2) is 4.39 Å². The number of hydrogen-bond donors (Lipinski definition) is 1. The Morgan fingerprint density at radius 2 is 2.11 bits per heavy atom. The highest BCUT2D eigenvalue weighted by Gasteiger charge is 2.09. The number of rotatable bonds is 5. The summed E-state index contributed by atoms with van der Waals surface area (Å²) in [6.45, 7) is 0. The molecule has 0 aliphatic carbocycles. The number of halogens is 1. The van der Waals surface area contributed by atoms with Crippen LogP contribution in [0.25, 0.3) is 0 Å². The van der Waals surface area contributed by atoms with E-state index in [-0.39, 0.29) is 5.82 Å². The Bertz CT molecular complexity index is 500. The second-order valence-corrected chi connectivity index (χ2v) is 5.10. The van der Waals surface area contributed by atoms with E-state index in [1.165, 1.54) is 23.9 Å². The third kappa shape index (κ3) is 3.82. The van der Waals surface area contributed by atoms with Crippen molar-refractivity contribution in [2.24, 2.45) is 7.05 Å². The first-order chi connectivity index (χ1) is 8.63. The van der Waals surface area contributed by atoms with Gasteiger partial charge in [-0.3, -0.25) is 4.68 Å². The fourth-order valence-electron chi connectivity index (χ4n) is 1.51. The van der Waals surface area contributed by atoms with Gasteiger partial charge in [-0.1, -0.05) is 5.21 Å². The number of aliphatic hydroxyl groups excluding tert-OH is 1. The summed E-state index contributed by atoms with van der Waals surface area (Å²) in [4.78, 5) is 0.939. The molecule has 96 valence electrons. The third-order valence-electron chi connectivity index (χ3n) is 2.35. The van der Waals surface area contributed by atoms with Crippen molar-refractivity contribution in [3.05, 3.63) is 42.0 Å². The molecule has 4 nitrogen and oxygen atoms in total. The van der Waals surface area contributed by atoms with Gasteiger partial charge in [-0.05, 0) is 24.3 Å². The predicted octanol–water partition coefficient (Wildman–Crippen LogP) is 1.65. The minimum absolute atomic E-state index is 0.251. The van der Waals surface area contributed by atoms with Crippen molar-refractivity contribution in [1.82, 2.24) is 15.0 Å². The van der Waals surface area contributed by atoms with Crippen molar-refractivity contribution in [2.75, 3.05) is 5.75 Å². The molecule has 0 saturated heterocycles. The van der Waals surface area contributed by atoms with Crippen molar-refractivity contribution in [1.29, 1.82) is 0 Å². The summed E-state index contributed by atoms with van der Waals surface area (Å²) in [7, 11) is 1.79. The maximum absolute atomic E-state index is 12.7. The second kappa shape index (κ2) is 5.97. The van der Waals surface area contributed by atoms with Crippen LogP contribution in [0.15, 0.2) is 35.4 Å². The number of benzene rings is 1. The molecule has 0 fully saturated rings. The molecule has 18 heavy (non-hydrogen) atoms. The van der Waals surface area contributed by atoms with Gasteiger partial charge >= 0.3 is 0 Å². The highest BCUT2D eigenvalue weighted by molar-refractivity contribution is 7.99. The first-order valence-electron chi connectivity index (χ1n) is 5.55. The smallest absolute Gasteiger partial charge is 0.123 e. The van der Waals surface area contributed by atoms with Crippen LogP contribution >= 0.6 is 11.8 Å². The second-order valence-electron chi connectivity index (χ2n) is 4.01. The molecule has 2 rings (SSSR count). The summed E-state index contributed by atoms with van der Waals surface area (Å²) in [5, 5.41) is 17.6. The topological polar surface area (TPSA) is 50.9 Å².